The molecule has 0 radical (unpaired) electrons. The molecule has 1 aromatic carbocycles. The quantitative estimate of drug-likeness (QED) is 0.547. The number of ether oxygens (including phenoxy) is 1. The average Bonchev–Trinajstić information content (AvgIpc) is 2.93. The van der Waals surface area contributed by atoms with Crippen molar-refractivity contribution in [1.29, 1.82) is 0 Å². The van der Waals surface area contributed by atoms with Gasteiger partial charge in [-0.05, 0) is 52.0 Å². The lowest BCUT2D eigenvalue weighted by molar-refractivity contribution is 0.0976. The molecule has 27 heavy (non-hydrogen) atoms. The molecular formula is C21H23Cl2NO2S. The zero-order valence-corrected chi connectivity index (χ0v) is 18.5. The highest BCUT2D eigenvalue weighted by Crippen LogP contribution is 2.32. The number of nitrogens with zero attached hydrogens (tertiary/aromatic N) is 1. The van der Waals surface area contributed by atoms with Crippen LogP contribution in [0.15, 0.2) is 24.3 Å². The van der Waals surface area contributed by atoms with E-state index in [0.29, 0.717) is 28.8 Å². The molecule has 1 aromatic heterocycles. The third-order valence-electron chi connectivity index (χ3n) is 3.67. The summed E-state index contributed by atoms with van der Waals surface area (Å²) >= 11 is 13.8. The number of carbonyl (C=O) groups is 1. The van der Waals surface area contributed by atoms with E-state index in [4.69, 9.17) is 27.9 Å². The fourth-order valence-electron chi connectivity index (χ4n) is 2.37. The Hall–Kier alpha value is -1.51. The summed E-state index contributed by atoms with van der Waals surface area (Å²) in [5.41, 5.74) is 1.15. The number of anilines is 1. The largest absolute Gasteiger partial charge is 0.383 e. The van der Waals surface area contributed by atoms with Gasteiger partial charge in [-0.3, -0.25) is 4.79 Å². The standard InChI is InChI=1S/C21H23Cl2NO2S/c1-14-19(13-16(27-14)8-9-21(2,3)4)24(10-11-26-5)20(25)17-7-6-15(22)12-18(17)23/h6-7,12-13H,10-11H2,1-5H3. The molecule has 0 spiro atoms. The Morgan fingerprint density at radius 1 is 1.26 bits per heavy atom. The molecule has 0 unspecified atom stereocenters. The number of amides is 1. The SMILES string of the molecule is COCCN(C(=O)c1ccc(Cl)cc1Cl)c1cc(C#CC(C)(C)C)sc1C. The Labute approximate surface area is 175 Å². The van der Waals surface area contributed by atoms with Gasteiger partial charge in [0.1, 0.15) is 0 Å². The second-order valence-electron chi connectivity index (χ2n) is 7.13. The van der Waals surface area contributed by atoms with Gasteiger partial charge >= 0.3 is 0 Å². The lowest BCUT2D eigenvalue weighted by atomic mass is 9.98. The fraction of sp³-hybridized carbons (Fsp3) is 0.381. The smallest absolute Gasteiger partial charge is 0.259 e. The Morgan fingerprint density at radius 2 is 1.96 bits per heavy atom. The molecule has 0 aliphatic carbocycles. The van der Waals surface area contributed by atoms with Crippen LogP contribution in [0.3, 0.4) is 0 Å². The minimum atomic E-state index is -0.190. The maximum Gasteiger partial charge on any atom is 0.259 e. The number of carbonyl (C=O) groups excluding carboxylic acids is 1. The highest BCUT2D eigenvalue weighted by molar-refractivity contribution is 7.13. The van der Waals surface area contributed by atoms with Crippen molar-refractivity contribution in [3.05, 3.63) is 49.6 Å². The zero-order valence-electron chi connectivity index (χ0n) is 16.2. The molecule has 3 nitrogen and oxygen atoms in total. The first-order chi connectivity index (χ1) is 12.6. The molecule has 1 heterocycles. The van der Waals surface area contributed by atoms with Crippen LogP contribution in [0.2, 0.25) is 10.0 Å². The zero-order chi connectivity index (χ0) is 20.2. The summed E-state index contributed by atoms with van der Waals surface area (Å²) in [6, 6.07) is 6.84. The molecular weight excluding hydrogens is 401 g/mol. The van der Waals surface area contributed by atoms with E-state index in [0.717, 1.165) is 15.4 Å². The lowest BCUT2D eigenvalue weighted by Crippen LogP contribution is -2.34. The van der Waals surface area contributed by atoms with Crippen molar-refractivity contribution < 1.29 is 9.53 Å². The van der Waals surface area contributed by atoms with Gasteiger partial charge in [0.25, 0.3) is 5.91 Å². The van der Waals surface area contributed by atoms with Gasteiger partial charge in [-0.1, -0.05) is 35.0 Å². The number of thiophene rings is 1. The van der Waals surface area contributed by atoms with Gasteiger partial charge in [0.2, 0.25) is 0 Å². The number of benzene rings is 1. The van der Waals surface area contributed by atoms with Gasteiger partial charge in [0, 0.05) is 29.0 Å². The summed E-state index contributed by atoms with van der Waals surface area (Å²) in [6.45, 7) is 9.01. The summed E-state index contributed by atoms with van der Waals surface area (Å²) < 4.78 is 5.20. The van der Waals surface area contributed by atoms with Crippen LogP contribution < -0.4 is 4.90 Å². The molecule has 0 saturated carbocycles. The Balaban J connectivity index is 2.42. The summed E-state index contributed by atoms with van der Waals surface area (Å²) in [4.78, 5) is 16.8. The number of hydrogen-bond donors (Lipinski definition) is 0. The molecule has 1 amide bonds. The second kappa shape index (κ2) is 9.12. The highest BCUT2D eigenvalue weighted by atomic mass is 35.5. The van der Waals surface area contributed by atoms with Crippen LogP contribution in [0.5, 0.6) is 0 Å². The predicted molar refractivity (Wildman–Crippen MR) is 115 cm³/mol. The molecule has 0 saturated heterocycles. The predicted octanol–water partition coefficient (Wildman–Crippen LogP) is 6.05. The fourth-order valence-corrected chi connectivity index (χ4v) is 3.74. The molecule has 0 fully saturated rings. The van der Waals surface area contributed by atoms with E-state index < -0.39 is 0 Å². The Morgan fingerprint density at radius 3 is 2.56 bits per heavy atom. The maximum absolute atomic E-state index is 13.2. The maximum atomic E-state index is 13.2. The van der Waals surface area contributed by atoms with E-state index in [-0.39, 0.29) is 11.3 Å². The molecule has 2 rings (SSSR count). The van der Waals surface area contributed by atoms with Crippen molar-refractivity contribution in [1.82, 2.24) is 0 Å². The molecule has 0 N–H and O–H groups in total. The average molecular weight is 424 g/mol. The van der Waals surface area contributed by atoms with Crippen molar-refractivity contribution in [3.8, 4) is 11.8 Å². The van der Waals surface area contributed by atoms with Crippen LogP contribution >= 0.6 is 34.5 Å². The number of methoxy groups -OCH3 is 1. The number of aryl methyl sites for hydroxylation is 1. The molecule has 0 bridgehead atoms. The van der Waals surface area contributed by atoms with Crippen molar-refractivity contribution in [2.24, 2.45) is 5.41 Å². The topological polar surface area (TPSA) is 29.5 Å². The van der Waals surface area contributed by atoms with Crippen LogP contribution in [0.4, 0.5) is 5.69 Å². The van der Waals surface area contributed by atoms with Crippen molar-refractivity contribution in [2.75, 3.05) is 25.2 Å². The number of rotatable bonds is 5. The van der Waals surface area contributed by atoms with Gasteiger partial charge in [-0.2, -0.15) is 0 Å². The third-order valence-corrected chi connectivity index (χ3v) is 5.17. The Bertz CT molecular complexity index is 888. The number of hydrogen-bond acceptors (Lipinski definition) is 3. The lowest BCUT2D eigenvalue weighted by Gasteiger charge is -2.23. The van der Waals surface area contributed by atoms with Crippen LogP contribution in [-0.4, -0.2) is 26.2 Å². The summed E-state index contributed by atoms with van der Waals surface area (Å²) in [5, 5.41) is 0.821. The molecule has 0 atom stereocenters. The monoisotopic (exact) mass is 423 g/mol. The van der Waals surface area contributed by atoms with Gasteiger partial charge < -0.3 is 9.64 Å². The molecule has 0 aliphatic rings. The van der Waals surface area contributed by atoms with E-state index in [1.165, 1.54) is 0 Å². The minimum absolute atomic E-state index is 0.0829. The van der Waals surface area contributed by atoms with Crippen LogP contribution in [0, 0.1) is 24.2 Å². The van der Waals surface area contributed by atoms with Gasteiger partial charge in [-0.25, -0.2) is 0 Å². The third kappa shape index (κ3) is 5.99. The first kappa shape index (κ1) is 21.8. The van der Waals surface area contributed by atoms with E-state index >= 15 is 0 Å². The molecule has 6 heteroatoms. The van der Waals surface area contributed by atoms with Crippen LogP contribution in [0.25, 0.3) is 0 Å². The number of halogens is 2. The first-order valence-corrected chi connectivity index (χ1v) is 10.1. The minimum Gasteiger partial charge on any atom is -0.383 e. The van der Waals surface area contributed by atoms with E-state index in [9.17, 15) is 4.79 Å². The molecule has 144 valence electrons. The normalized spacial score (nSPS) is 11.1. The van der Waals surface area contributed by atoms with Crippen molar-refractivity contribution >= 4 is 46.1 Å². The molecule has 2 aromatic rings. The van der Waals surface area contributed by atoms with Gasteiger partial charge in [-0.15, -0.1) is 11.3 Å². The van der Waals surface area contributed by atoms with E-state index in [1.807, 2.05) is 13.0 Å². The molecule has 0 aliphatic heterocycles. The summed E-state index contributed by atoms with van der Waals surface area (Å²) in [7, 11) is 1.61. The van der Waals surface area contributed by atoms with Crippen molar-refractivity contribution in [3.63, 3.8) is 0 Å². The van der Waals surface area contributed by atoms with Gasteiger partial charge in [0.05, 0.1) is 27.8 Å². The highest BCUT2D eigenvalue weighted by Gasteiger charge is 2.23. The first-order valence-electron chi connectivity index (χ1n) is 8.52. The van der Waals surface area contributed by atoms with Crippen LogP contribution in [0.1, 0.15) is 40.9 Å². The van der Waals surface area contributed by atoms with Crippen LogP contribution in [-0.2, 0) is 4.74 Å². The van der Waals surface area contributed by atoms with Crippen molar-refractivity contribution in [2.45, 2.75) is 27.7 Å². The second-order valence-corrected chi connectivity index (χ2v) is 9.23. The van der Waals surface area contributed by atoms with E-state index in [1.54, 1.807) is 41.5 Å². The summed E-state index contributed by atoms with van der Waals surface area (Å²) in [6.07, 6.45) is 0. The summed E-state index contributed by atoms with van der Waals surface area (Å²) in [5.74, 6) is 6.25. The Kier molecular flexibility index (Phi) is 7.36. The van der Waals surface area contributed by atoms with Gasteiger partial charge in [0.15, 0.2) is 0 Å². The van der Waals surface area contributed by atoms with E-state index in [2.05, 4.69) is 32.6 Å².